The molecule has 0 radical (unpaired) electrons. The summed E-state index contributed by atoms with van der Waals surface area (Å²) >= 11 is 0. The Labute approximate surface area is 129 Å². The van der Waals surface area contributed by atoms with E-state index in [9.17, 15) is 9.59 Å². The Balaban J connectivity index is 2.01. The Morgan fingerprint density at radius 3 is 2.18 bits per heavy atom. The minimum absolute atomic E-state index is 0.147. The lowest BCUT2D eigenvalue weighted by Gasteiger charge is -2.05. The van der Waals surface area contributed by atoms with Crippen LogP contribution in [0.5, 0.6) is 5.75 Å². The van der Waals surface area contributed by atoms with Gasteiger partial charge in [-0.3, -0.25) is 4.79 Å². The maximum Gasteiger partial charge on any atom is 0.336 e. The first-order chi connectivity index (χ1) is 10.5. The molecule has 112 valence electrons. The average molecular weight is 295 g/mol. The molecule has 0 atom stereocenters. The molecule has 22 heavy (non-hydrogen) atoms. The fourth-order valence-corrected chi connectivity index (χ4v) is 1.92. The molecule has 0 spiro atoms. The van der Waals surface area contributed by atoms with Gasteiger partial charge in [-0.1, -0.05) is 30.3 Å². The molecule has 0 saturated carbocycles. The molecule has 0 heterocycles. The number of carbonyl (C=O) groups is 2. The molecule has 0 aliphatic rings. The average Bonchev–Trinajstić information content (AvgIpc) is 2.49. The van der Waals surface area contributed by atoms with Gasteiger partial charge in [0.25, 0.3) is 0 Å². The number of ether oxygens (including phenoxy) is 1. The summed E-state index contributed by atoms with van der Waals surface area (Å²) < 4.78 is 5.24. The van der Waals surface area contributed by atoms with Gasteiger partial charge >= 0.3 is 5.97 Å². The van der Waals surface area contributed by atoms with Gasteiger partial charge in [-0.25, -0.2) is 4.79 Å². The molecule has 1 N–H and O–H groups in total. The molecular formula is C18H17NO3. The molecular weight excluding hydrogens is 278 g/mol. The van der Waals surface area contributed by atoms with E-state index >= 15 is 0 Å². The molecule has 4 nitrogen and oxygen atoms in total. The fraction of sp³-hybridized carbons (Fsp3) is 0.111. The van der Waals surface area contributed by atoms with Crippen LogP contribution in [0, 0.1) is 0 Å². The number of rotatable bonds is 4. The minimum Gasteiger partial charge on any atom is -0.423 e. The summed E-state index contributed by atoms with van der Waals surface area (Å²) in [4.78, 5) is 22.8. The van der Waals surface area contributed by atoms with Gasteiger partial charge < -0.3 is 10.1 Å². The van der Waals surface area contributed by atoms with Crippen molar-refractivity contribution in [1.29, 1.82) is 0 Å². The van der Waals surface area contributed by atoms with E-state index in [0.717, 1.165) is 11.1 Å². The fourth-order valence-electron chi connectivity index (χ4n) is 1.92. The highest BCUT2D eigenvalue weighted by molar-refractivity contribution is 5.92. The van der Waals surface area contributed by atoms with Crippen molar-refractivity contribution in [2.45, 2.75) is 13.8 Å². The second-order valence-electron chi connectivity index (χ2n) is 4.82. The largest absolute Gasteiger partial charge is 0.423 e. The predicted molar refractivity (Wildman–Crippen MR) is 86.5 cm³/mol. The first-order valence-electron chi connectivity index (χ1n) is 6.88. The third-order valence-electron chi connectivity index (χ3n) is 2.96. The summed E-state index contributed by atoms with van der Waals surface area (Å²) in [7, 11) is 0. The van der Waals surface area contributed by atoms with Crippen molar-refractivity contribution in [2.24, 2.45) is 0 Å². The van der Waals surface area contributed by atoms with Crippen molar-refractivity contribution < 1.29 is 14.3 Å². The number of amides is 1. The number of esters is 1. The Kier molecular flexibility index (Phi) is 5.09. The van der Waals surface area contributed by atoms with E-state index in [1.165, 1.54) is 13.0 Å². The Bertz CT molecular complexity index is 688. The minimum atomic E-state index is -0.436. The van der Waals surface area contributed by atoms with Crippen LogP contribution in [-0.4, -0.2) is 11.9 Å². The van der Waals surface area contributed by atoms with E-state index in [0.29, 0.717) is 11.4 Å². The summed E-state index contributed by atoms with van der Waals surface area (Å²) in [6, 6.07) is 16.2. The van der Waals surface area contributed by atoms with Crippen LogP contribution in [0.1, 0.15) is 19.4 Å². The summed E-state index contributed by atoms with van der Waals surface area (Å²) in [6.07, 6.45) is 1.46. The molecule has 0 aromatic heterocycles. The monoisotopic (exact) mass is 295 g/mol. The molecule has 2 aromatic rings. The molecule has 0 bridgehead atoms. The van der Waals surface area contributed by atoms with Crippen LogP contribution in [0.25, 0.3) is 5.57 Å². The van der Waals surface area contributed by atoms with Crippen LogP contribution in [0.15, 0.2) is 60.7 Å². The van der Waals surface area contributed by atoms with Gasteiger partial charge in [0.2, 0.25) is 5.91 Å². The summed E-state index contributed by atoms with van der Waals surface area (Å²) in [5, 5.41) is 2.65. The zero-order valence-electron chi connectivity index (χ0n) is 12.5. The van der Waals surface area contributed by atoms with Crippen LogP contribution in [-0.2, 0) is 9.59 Å². The third kappa shape index (κ3) is 4.59. The normalized spacial score (nSPS) is 10.9. The summed E-state index contributed by atoms with van der Waals surface area (Å²) in [5.74, 6) is -0.156. The van der Waals surface area contributed by atoms with E-state index in [4.69, 9.17) is 4.74 Å². The van der Waals surface area contributed by atoms with Gasteiger partial charge in [0.1, 0.15) is 5.75 Å². The quantitative estimate of drug-likeness (QED) is 0.532. The van der Waals surface area contributed by atoms with E-state index in [1.54, 1.807) is 24.3 Å². The summed E-state index contributed by atoms with van der Waals surface area (Å²) in [6.45, 7) is 3.29. The van der Waals surface area contributed by atoms with Crippen LogP contribution < -0.4 is 10.1 Å². The van der Waals surface area contributed by atoms with Crippen LogP contribution in [0.3, 0.4) is 0 Å². The number of hydrogen-bond donors (Lipinski definition) is 1. The number of hydrogen-bond acceptors (Lipinski definition) is 3. The number of benzene rings is 2. The van der Waals surface area contributed by atoms with E-state index < -0.39 is 5.97 Å². The topological polar surface area (TPSA) is 55.4 Å². The molecule has 2 aromatic carbocycles. The SMILES string of the molecule is CC(=O)Nc1ccc(OC(=O)C=C(C)c2ccccc2)cc1. The molecule has 0 unspecified atom stereocenters. The lowest BCUT2D eigenvalue weighted by atomic mass is 10.1. The number of anilines is 1. The van der Waals surface area contributed by atoms with Crippen LogP contribution in [0.2, 0.25) is 0 Å². The molecule has 0 aliphatic heterocycles. The highest BCUT2D eigenvalue weighted by Crippen LogP contribution is 2.17. The van der Waals surface area contributed by atoms with Gasteiger partial charge in [-0.15, -0.1) is 0 Å². The number of carbonyl (C=O) groups excluding carboxylic acids is 2. The lowest BCUT2D eigenvalue weighted by molar-refractivity contribution is -0.129. The maximum atomic E-state index is 11.9. The smallest absolute Gasteiger partial charge is 0.336 e. The molecule has 0 aliphatic carbocycles. The van der Waals surface area contributed by atoms with Crippen LogP contribution >= 0.6 is 0 Å². The van der Waals surface area contributed by atoms with Crippen molar-refractivity contribution in [3.63, 3.8) is 0 Å². The van der Waals surface area contributed by atoms with Crippen molar-refractivity contribution in [2.75, 3.05) is 5.32 Å². The van der Waals surface area contributed by atoms with Gasteiger partial charge in [-0.05, 0) is 42.3 Å². The summed E-state index contributed by atoms with van der Waals surface area (Å²) in [5.41, 5.74) is 2.46. The van der Waals surface area contributed by atoms with Crippen molar-refractivity contribution in [3.8, 4) is 5.75 Å². The van der Waals surface area contributed by atoms with E-state index in [-0.39, 0.29) is 5.91 Å². The molecule has 4 heteroatoms. The molecule has 2 rings (SSSR count). The zero-order valence-corrected chi connectivity index (χ0v) is 12.5. The first kappa shape index (κ1) is 15.5. The molecule has 0 fully saturated rings. The number of nitrogens with one attached hydrogen (secondary N) is 1. The number of allylic oxidation sites excluding steroid dienone is 1. The third-order valence-corrected chi connectivity index (χ3v) is 2.96. The van der Waals surface area contributed by atoms with Gasteiger partial charge in [0.05, 0.1) is 0 Å². The van der Waals surface area contributed by atoms with Crippen molar-refractivity contribution in [3.05, 3.63) is 66.2 Å². The Morgan fingerprint density at radius 1 is 0.955 bits per heavy atom. The molecule has 0 saturated heterocycles. The lowest BCUT2D eigenvalue weighted by Crippen LogP contribution is -2.07. The van der Waals surface area contributed by atoms with E-state index in [1.807, 2.05) is 37.3 Å². The van der Waals surface area contributed by atoms with Crippen molar-refractivity contribution >= 4 is 23.1 Å². The second kappa shape index (κ2) is 7.22. The van der Waals surface area contributed by atoms with Crippen LogP contribution in [0.4, 0.5) is 5.69 Å². The highest BCUT2D eigenvalue weighted by atomic mass is 16.5. The Hall–Kier alpha value is -2.88. The maximum absolute atomic E-state index is 11.9. The van der Waals surface area contributed by atoms with Crippen molar-refractivity contribution in [1.82, 2.24) is 0 Å². The molecule has 1 amide bonds. The van der Waals surface area contributed by atoms with E-state index in [2.05, 4.69) is 5.32 Å². The van der Waals surface area contributed by atoms with Gasteiger partial charge in [0.15, 0.2) is 0 Å². The van der Waals surface area contributed by atoms with Gasteiger partial charge in [0, 0.05) is 18.7 Å². The van der Waals surface area contributed by atoms with Gasteiger partial charge in [-0.2, -0.15) is 0 Å². The standard InChI is InChI=1S/C18H17NO3/c1-13(15-6-4-3-5-7-15)12-18(21)22-17-10-8-16(9-11-17)19-14(2)20/h3-12H,1-2H3,(H,19,20). The Morgan fingerprint density at radius 2 is 1.59 bits per heavy atom. The second-order valence-corrected chi connectivity index (χ2v) is 4.82. The zero-order chi connectivity index (χ0) is 15.9. The first-order valence-corrected chi connectivity index (χ1v) is 6.88. The highest BCUT2D eigenvalue weighted by Gasteiger charge is 2.04. The predicted octanol–water partition coefficient (Wildman–Crippen LogP) is 3.65.